The molecule has 0 bridgehead atoms. The number of carbonyl (C=O) groups is 7. The minimum Gasteiger partial charge on any atom is -0.481 e. The summed E-state index contributed by atoms with van der Waals surface area (Å²) in [5.41, 5.74) is 27.8. The van der Waals surface area contributed by atoms with Crippen molar-refractivity contribution in [2.24, 2.45) is 38.7 Å². The molecule has 288 valence electrons. The molecule has 0 heterocycles. The SMILES string of the molecule is NC(N)=NCCC[C@H](NC(=O)[C@H](CCC(=O)O)NC(=O)[C@H](CCCN=C(N)N)NC(=O)[C@@H](N)CCC(=O)O)C(=O)N[C@@H](Cc1ccccc1)C(=O)O. The summed E-state index contributed by atoms with van der Waals surface area (Å²) in [5, 5.41) is 37.7. The zero-order valence-electron chi connectivity index (χ0n) is 28.5. The molecular weight excluding hydrogens is 686 g/mol. The van der Waals surface area contributed by atoms with Crippen molar-refractivity contribution in [3.05, 3.63) is 35.9 Å². The monoisotopic (exact) mass is 735 g/mol. The molecule has 0 aliphatic heterocycles. The largest absolute Gasteiger partial charge is 0.481 e. The fourth-order valence-electron chi connectivity index (χ4n) is 4.64. The van der Waals surface area contributed by atoms with Crippen molar-refractivity contribution in [2.45, 2.75) is 88.0 Å². The Bertz CT molecular complexity index is 1430. The van der Waals surface area contributed by atoms with Crippen LogP contribution in [0.15, 0.2) is 40.3 Å². The molecule has 0 fully saturated rings. The van der Waals surface area contributed by atoms with Gasteiger partial charge in [0.1, 0.15) is 24.2 Å². The number of benzene rings is 1. The molecule has 5 atom stereocenters. The van der Waals surface area contributed by atoms with Crippen LogP contribution in [0.2, 0.25) is 0 Å². The molecule has 1 aromatic rings. The number of amides is 4. The van der Waals surface area contributed by atoms with Crippen LogP contribution in [0.3, 0.4) is 0 Å². The third-order valence-electron chi connectivity index (χ3n) is 7.34. The highest BCUT2D eigenvalue weighted by molar-refractivity contribution is 5.95. The number of nitrogens with one attached hydrogen (secondary N) is 4. The molecule has 1 aromatic carbocycles. The number of aliphatic imine (C=N–C) groups is 2. The highest BCUT2D eigenvalue weighted by Gasteiger charge is 2.32. The predicted molar refractivity (Wildman–Crippen MR) is 187 cm³/mol. The lowest BCUT2D eigenvalue weighted by atomic mass is 10.0. The van der Waals surface area contributed by atoms with Gasteiger partial charge in [0, 0.05) is 32.4 Å². The van der Waals surface area contributed by atoms with Gasteiger partial charge in [-0.3, -0.25) is 38.8 Å². The third kappa shape index (κ3) is 18.7. The molecule has 52 heavy (non-hydrogen) atoms. The van der Waals surface area contributed by atoms with Crippen LogP contribution < -0.4 is 49.9 Å². The molecule has 21 nitrogen and oxygen atoms in total. The van der Waals surface area contributed by atoms with E-state index in [1.807, 2.05) is 0 Å². The number of carbonyl (C=O) groups excluding carboxylic acids is 4. The van der Waals surface area contributed by atoms with E-state index in [0.29, 0.717) is 5.56 Å². The lowest BCUT2D eigenvalue weighted by Gasteiger charge is -2.26. The van der Waals surface area contributed by atoms with Gasteiger partial charge in [-0.1, -0.05) is 30.3 Å². The van der Waals surface area contributed by atoms with Crippen LogP contribution in [0.1, 0.15) is 56.9 Å². The van der Waals surface area contributed by atoms with Gasteiger partial charge in [-0.15, -0.1) is 0 Å². The number of nitrogens with zero attached hydrogens (tertiary/aromatic N) is 2. The lowest BCUT2D eigenvalue weighted by molar-refractivity contribution is -0.142. The van der Waals surface area contributed by atoms with Gasteiger partial charge in [-0.05, 0) is 44.1 Å². The fourth-order valence-corrected chi connectivity index (χ4v) is 4.64. The Kier molecular flexibility index (Phi) is 19.8. The fraction of sp³-hybridized carbons (Fsp3) is 0.516. The topological polar surface area (TPSA) is 383 Å². The summed E-state index contributed by atoms with van der Waals surface area (Å²) in [6.07, 6.45) is -1.67. The zero-order chi connectivity index (χ0) is 39.2. The standard InChI is InChI=1S/C31H49N11O10/c32-18(10-12-23(43)44)25(47)39-19(8-4-14-37-30(33)34)26(48)41-21(11-13-24(45)46)28(50)40-20(9-5-15-38-31(35)36)27(49)42-22(29(51)52)16-17-6-2-1-3-7-17/h1-3,6-7,18-22H,4-5,8-16,32H2,(H,39,47)(H,40,50)(H,41,48)(H,42,49)(H,43,44)(H,45,46)(H,51,52)(H4,33,34,37)(H4,35,36,38)/t18-,19-,20-,21-,22-/m0/s1. The third-order valence-corrected chi connectivity index (χ3v) is 7.34. The smallest absolute Gasteiger partial charge is 0.326 e. The number of carboxylic acid groups (broad SMARTS) is 3. The normalized spacial score (nSPS) is 13.5. The molecule has 4 amide bonds. The van der Waals surface area contributed by atoms with Crippen LogP contribution in [-0.2, 0) is 40.0 Å². The van der Waals surface area contributed by atoms with Crippen LogP contribution in [0.4, 0.5) is 0 Å². The molecule has 0 aromatic heterocycles. The molecule has 21 heteroatoms. The van der Waals surface area contributed by atoms with E-state index in [9.17, 15) is 43.8 Å². The lowest BCUT2D eigenvalue weighted by Crippen LogP contribution is -2.58. The first-order chi connectivity index (χ1) is 24.5. The summed E-state index contributed by atoms with van der Waals surface area (Å²) in [5.74, 6) is -7.97. The Hall–Kier alpha value is -5.99. The van der Waals surface area contributed by atoms with Crippen molar-refractivity contribution in [1.82, 2.24) is 21.3 Å². The Balaban J connectivity index is 3.29. The van der Waals surface area contributed by atoms with Crippen LogP contribution in [-0.4, -0.2) is 112 Å². The summed E-state index contributed by atoms with van der Waals surface area (Å²) in [6, 6.07) is 1.48. The number of carboxylic acids is 3. The Morgan fingerprint density at radius 2 is 0.981 bits per heavy atom. The molecule has 17 N–H and O–H groups in total. The molecule has 0 spiro atoms. The first kappa shape index (κ1) is 44.0. The average molecular weight is 736 g/mol. The highest BCUT2D eigenvalue weighted by Crippen LogP contribution is 2.09. The van der Waals surface area contributed by atoms with Crippen molar-refractivity contribution in [1.29, 1.82) is 0 Å². The van der Waals surface area contributed by atoms with Gasteiger partial charge >= 0.3 is 17.9 Å². The first-order valence-corrected chi connectivity index (χ1v) is 16.3. The van der Waals surface area contributed by atoms with Gasteiger partial charge < -0.3 is 65.3 Å². The maximum Gasteiger partial charge on any atom is 0.326 e. The second-order valence-corrected chi connectivity index (χ2v) is 11.6. The maximum atomic E-state index is 13.6. The first-order valence-electron chi connectivity index (χ1n) is 16.3. The van der Waals surface area contributed by atoms with E-state index in [0.717, 1.165) is 0 Å². The number of hydrogen-bond acceptors (Lipinski definition) is 10. The van der Waals surface area contributed by atoms with Gasteiger partial charge in [-0.25, -0.2) is 4.79 Å². The number of rotatable bonds is 25. The summed E-state index contributed by atoms with van der Waals surface area (Å²) in [4.78, 5) is 95.3. The maximum absolute atomic E-state index is 13.6. The summed E-state index contributed by atoms with van der Waals surface area (Å²) < 4.78 is 0. The molecule has 0 unspecified atom stereocenters. The van der Waals surface area contributed by atoms with E-state index >= 15 is 0 Å². The Morgan fingerprint density at radius 1 is 0.577 bits per heavy atom. The van der Waals surface area contributed by atoms with E-state index in [1.54, 1.807) is 30.3 Å². The summed E-state index contributed by atoms with van der Waals surface area (Å²) >= 11 is 0. The van der Waals surface area contributed by atoms with Crippen molar-refractivity contribution in [3.63, 3.8) is 0 Å². The molecular formula is C31H49N11O10. The van der Waals surface area contributed by atoms with Crippen molar-refractivity contribution in [3.8, 4) is 0 Å². The zero-order valence-corrected chi connectivity index (χ0v) is 28.5. The van der Waals surface area contributed by atoms with Crippen LogP contribution in [0, 0.1) is 0 Å². The molecule has 0 saturated carbocycles. The quantitative estimate of drug-likeness (QED) is 0.0262. The van der Waals surface area contributed by atoms with E-state index in [1.165, 1.54) is 0 Å². The van der Waals surface area contributed by atoms with Crippen LogP contribution >= 0.6 is 0 Å². The van der Waals surface area contributed by atoms with Crippen molar-refractivity contribution >= 4 is 53.5 Å². The van der Waals surface area contributed by atoms with E-state index < -0.39 is 91.0 Å². The molecule has 0 aliphatic rings. The Labute approximate surface area is 299 Å². The number of hydrogen-bond donors (Lipinski definition) is 12. The van der Waals surface area contributed by atoms with E-state index in [4.69, 9.17) is 33.8 Å². The Morgan fingerprint density at radius 3 is 1.40 bits per heavy atom. The van der Waals surface area contributed by atoms with Crippen LogP contribution in [0.5, 0.6) is 0 Å². The second-order valence-electron chi connectivity index (χ2n) is 11.6. The van der Waals surface area contributed by atoms with Gasteiger partial charge in [0.25, 0.3) is 0 Å². The minimum atomic E-state index is -1.56. The van der Waals surface area contributed by atoms with Crippen LogP contribution in [0.25, 0.3) is 0 Å². The molecule has 1 rings (SSSR count). The summed E-state index contributed by atoms with van der Waals surface area (Å²) in [6.45, 7) is 0.0948. The van der Waals surface area contributed by atoms with Crippen molar-refractivity contribution < 1.29 is 48.9 Å². The van der Waals surface area contributed by atoms with E-state index in [-0.39, 0.29) is 63.5 Å². The van der Waals surface area contributed by atoms with Gasteiger partial charge in [-0.2, -0.15) is 0 Å². The van der Waals surface area contributed by atoms with Gasteiger partial charge in [0.15, 0.2) is 11.9 Å². The number of nitrogens with two attached hydrogens (primary N) is 5. The highest BCUT2D eigenvalue weighted by atomic mass is 16.4. The molecule has 0 radical (unpaired) electrons. The summed E-state index contributed by atoms with van der Waals surface area (Å²) in [7, 11) is 0. The minimum absolute atomic E-state index is 0.0450. The molecule has 0 aliphatic carbocycles. The average Bonchev–Trinajstić information content (AvgIpc) is 3.07. The van der Waals surface area contributed by atoms with Crippen molar-refractivity contribution in [2.75, 3.05) is 13.1 Å². The second kappa shape index (κ2) is 23.4. The number of guanidine groups is 2. The molecule has 0 saturated heterocycles. The number of aliphatic carboxylic acids is 3. The predicted octanol–water partition coefficient (Wildman–Crippen LogP) is -3.58. The van der Waals surface area contributed by atoms with Gasteiger partial charge in [0.05, 0.1) is 6.04 Å². The van der Waals surface area contributed by atoms with Gasteiger partial charge in [0.2, 0.25) is 23.6 Å². The van der Waals surface area contributed by atoms with E-state index in [2.05, 4.69) is 31.3 Å².